The molecule has 0 spiro atoms. The molecule has 7 heteroatoms. The van der Waals surface area contributed by atoms with Gasteiger partial charge in [-0.05, 0) is 25.0 Å². The zero-order valence-corrected chi connectivity index (χ0v) is 12.6. The van der Waals surface area contributed by atoms with Gasteiger partial charge in [0, 0.05) is 31.3 Å². The highest BCUT2D eigenvalue weighted by atomic mass is 19.3. The Kier molecular flexibility index (Phi) is 6.24. The second-order valence-corrected chi connectivity index (χ2v) is 4.86. The molecule has 0 amide bonds. The second-order valence-electron chi connectivity index (χ2n) is 4.86. The summed E-state index contributed by atoms with van der Waals surface area (Å²) in [7, 11) is 0. The molecule has 0 unspecified atom stereocenters. The molecule has 0 aliphatic carbocycles. The topological polar surface area (TPSA) is 54.9 Å². The van der Waals surface area contributed by atoms with Crippen molar-refractivity contribution in [2.24, 2.45) is 4.99 Å². The molecule has 122 valence electrons. The molecule has 2 N–H and O–H groups in total. The smallest absolute Gasteiger partial charge is 0.387 e. The van der Waals surface area contributed by atoms with E-state index in [0.29, 0.717) is 30.4 Å². The Balaban J connectivity index is 2.05. The third-order valence-corrected chi connectivity index (χ3v) is 3.07. The van der Waals surface area contributed by atoms with Gasteiger partial charge in [-0.25, -0.2) is 0 Å². The van der Waals surface area contributed by atoms with Crippen molar-refractivity contribution in [3.63, 3.8) is 0 Å². The van der Waals surface area contributed by atoms with Gasteiger partial charge in [0.25, 0.3) is 0 Å². The predicted octanol–water partition coefficient (Wildman–Crippen LogP) is 2.52. The summed E-state index contributed by atoms with van der Waals surface area (Å²) < 4.78 is 35.2. The number of guanidine groups is 1. The summed E-state index contributed by atoms with van der Waals surface area (Å²) in [6, 6.07) is 4.97. The molecule has 1 aliphatic heterocycles. The highest BCUT2D eigenvalue weighted by Gasteiger charge is 2.12. The lowest BCUT2D eigenvalue weighted by Gasteiger charge is -2.18. The van der Waals surface area contributed by atoms with Crippen molar-refractivity contribution in [1.82, 2.24) is 10.6 Å². The SMILES string of the molecule is CCCOc1ccc(CNC2=NCCCN2)c(OC(F)F)c1. The van der Waals surface area contributed by atoms with Crippen molar-refractivity contribution < 1.29 is 18.3 Å². The number of hydrogen-bond donors (Lipinski definition) is 2. The number of nitrogens with zero attached hydrogens (tertiary/aromatic N) is 1. The first-order valence-electron chi connectivity index (χ1n) is 7.41. The molecule has 0 saturated heterocycles. The maximum Gasteiger partial charge on any atom is 0.387 e. The number of hydrogen-bond acceptors (Lipinski definition) is 5. The van der Waals surface area contributed by atoms with Crippen LogP contribution in [-0.2, 0) is 6.54 Å². The molecule has 22 heavy (non-hydrogen) atoms. The van der Waals surface area contributed by atoms with Gasteiger partial charge in [0.15, 0.2) is 5.96 Å². The first-order valence-corrected chi connectivity index (χ1v) is 7.41. The Labute approximate surface area is 128 Å². The summed E-state index contributed by atoms with van der Waals surface area (Å²) in [5, 5.41) is 6.20. The largest absolute Gasteiger partial charge is 0.493 e. The van der Waals surface area contributed by atoms with Gasteiger partial charge in [-0.15, -0.1) is 0 Å². The average molecular weight is 313 g/mol. The fraction of sp³-hybridized carbons (Fsp3) is 0.533. The first kappa shape index (κ1) is 16.3. The lowest BCUT2D eigenvalue weighted by molar-refractivity contribution is -0.0505. The number of rotatable bonds is 7. The van der Waals surface area contributed by atoms with Crippen molar-refractivity contribution in [1.29, 1.82) is 0 Å². The van der Waals surface area contributed by atoms with Crippen LogP contribution in [0.15, 0.2) is 23.2 Å². The second kappa shape index (κ2) is 8.41. The van der Waals surface area contributed by atoms with Crippen LogP contribution in [0.1, 0.15) is 25.3 Å². The zero-order chi connectivity index (χ0) is 15.8. The van der Waals surface area contributed by atoms with Crippen LogP contribution in [0.25, 0.3) is 0 Å². The van der Waals surface area contributed by atoms with E-state index in [9.17, 15) is 8.78 Å². The van der Waals surface area contributed by atoms with Crippen LogP contribution in [0.4, 0.5) is 8.78 Å². The molecule has 2 rings (SSSR count). The summed E-state index contributed by atoms with van der Waals surface area (Å²) in [6.45, 7) is 1.61. The molecule has 0 aromatic heterocycles. The minimum absolute atomic E-state index is 0.118. The average Bonchev–Trinajstić information content (AvgIpc) is 2.52. The van der Waals surface area contributed by atoms with E-state index in [1.165, 1.54) is 6.07 Å². The quantitative estimate of drug-likeness (QED) is 0.812. The molecule has 1 aromatic carbocycles. The number of nitrogens with one attached hydrogen (secondary N) is 2. The van der Waals surface area contributed by atoms with Crippen LogP contribution in [0, 0.1) is 0 Å². The number of ether oxygens (including phenoxy) is 2. The molecule has 1 heterocycles. The van der Waals surface area contributed by atoms with Gasteiger partial charge in [-0.1, -0.05) is 6.92 Å². The number of benzene rings is 1. The molecule has 0 fully saturated rings. The summed E-state index contributed by atoms with van der Waals surface area (Å²) in [5.74, 6) is 1.32. The Bertz CT molecular complexity index is 510. The van der Waals surface area contributed by atoms with E-state index in [1.54, 1.807) is 12.1 Å². The van der Waals surface area contributed by atoms with Crippen LogP contribution in [0.2, 0.25) is 0 Å². The fourth-order valence-electron chi connectivity index (χ4n) is 2.03. The highest BCUT2D eigenvalue weighted by molar-refractivity contribution is 5.80. The summed E-state index contributed by atoms with van der Waals surface area (Å²) in [5.41, 5.74) is 0.624. The van der Waals surface area contributed by atoms with Gasteiger partial charge in [0.1, 0.15) is 11.5 Å². The Morgan fingerprint density at radius 3 is 2.95 bits per heavy atom. The summed E-state index contributed by atoms with van der Waals surface area (Å²) >= 11 is 0. The van der Waals surface area contributed by atoms with Crippen LogP contribution < -0.4 is 20.1 Å². The Morgan fingerprint density at radius 1 is 1.41 bits per heavy atom. The van der Waals surface area contributed by atoms with E-state index in [2.05, 4.69) is 20.4 Å². The lowest BCUT2D eigenvalue weighted by Crippen LogP contribution is -2.40. The zero-order valence-electron chi connectivity index (χ0n) is 12.6. The third-order valence-electron chi connectivity index (χ3n) is 3.07. The predicted molar refractivity (Wildman–Crippen MR) is 80.6 cm³/mol. The molecule has 0 radical (unpaired) electrons. The maximum atomic E-state index is 12.6. The molecule has 0 saturated carbocycles. The van der Waals surface area contributed by atoms with Gasteiger partial charge in [0.05, 0.1) is 6.61 Å². The lowest BCUT2D eigenvalue weighted by atomic mass is 10.2. The van der Waals surface area contributed by atoms with E-state index < -0.39 is 6.61 Å². The fourth-order valence-corrected chi connectivity index (χ4v) is 2.03. The van der Waals surface area contributed by atoms with Crippen molar-refractivity contribution in [2.75, 3.05) is 19.7 Å². The Hall–Kier alpha value is -2.05. The molecule has 0 atom stereocenters. The standard InChI is InChI=1S/C15H21F2N3O2/c1-2-8-21-12-5-4-11(13(9-12)22-14(16)17)10-20-15-18-6-3-7-19-15/h4-5,9,14H,2-3,6-8,10H2,1H3,(H2,18,19,20). The van der Waals surface area contributed by atoms with Crippen LogP contribution >= 0.6 is 0 Å². The van der Waals surface area contributed by atoms with Crippen molar-refractivity contribution in [3.8, 4) is 11.5 Å². The van der Waals surface area contributed by atoms with E-state index in [4.69, 9.17) is 4.74 Å². The molecule has 1 aliphatic rings. The van der Waals surface area contributed by atoms with Gasteiger partial charge in [0.2, 0.25) is 0 Å². The van der Waals surface area contributed by atoms with Gasteiger partial charge >= 0.3 is 6.61 Å². The van der Waals surface area contributed by atoms with E-state index in [1.807, 2.05) is 6.92 Å². The number of halogens is 2. The summed E-state index contributed by atoms with van der Waals surface area (Å²) in [6.07, 6.45) is 1.84. The van der Waals surface area contributed by atoms with E-state index in [-0.39, 0.29) is 5.75 Å². The molecule has 5 nitrogen and oxygen atoms in total. The van der Waals surface area contributed by atoms with Crippen molar-refractivity contribution in [3.05, 3.63) is 23.8 Å². The number of aliphatic imine (C=N–C) groups is 1. The van der Waals surface area contributed by atoms with Gasteiger partial charge in [-0.2, -0.15) is 8.78 Å². The molecule has 1 aromatic rings. The van der Waals surface area contributed by atoms with Crippen LogP contribution in [0.5, 0.6) is 11.5 Å². The minimum atomic E-state index is -2.87. The Morgan fingerprint density at radius 2 is 2.27 bits per heavy atom. The van der Waals surface area contributed by atoms with E-state index in [0.717, 1.165) is 25.9 Å². The van der Waals surface area contributed by atoms with Crippen molar-refractivity contribution in [2.45, 2.75) is 32.9 Å². The molecular formula is C15H21F2N3O2. The normalized spacial score (nSPS) is 14.3. The molecule has 0 bridgehead atoms. The molecular weight excluding hydrogens is 292 g/mol. The summed E-state index contributed by atoms with van der Waals surface area (Å²) in [4.78, 5) is 4.27. The van der Waals surface area contributed by atoms with Crippen LogP contribution in [-0.4, -0.2) is 32.3 Å². The van der Waals surface area contributed by atoms with Gasteiger partial charge in [-0.3, -0.25) is 4.99 Å². The third kappa shape index (κ3) is 5.05. The van der Waals surface area contributed by atoms with Crippen molar-refractivity contribution >= 4 is 5.96 Å². The minimum Gasteiger partial charge on any atom is -0.493 e. The maximum absolute atomic E-state index is 12.6. The van der Waals surface area contributed by atoms with E-state index >= 15 is 0 Å². The van der Waals surface area contributed by atoms with Crippen LogP contribution in [0.3, 0.4) is 0 Å². The number of alkyl halides is 2. The highest BCUT2D eigenvalue weighted by Crippen LogP contribution is 2.26. The first-order chi connectivity index (χ1) is 10.7. The van der Waals surface area contributed by atoms with Gasteiger partial charge < -0.3 is 20.1 Å². The monoisotopic (exact) mass is 313 g/mol.